The molecule has 0 aromatic carbocycles. The molecule has 2 aliphatic rings. The van der Waals surface area contributed by atoms with E-state index in [0.717, 1.165) is 17.7 Å². The average Bonchev–Trinajstić information content (AvgIpc) is 3.30. The number of imide groups is 1. The Morgan fingerprint density at radius 2 is 2.04 bits per heavy atom. The SMILES string of the molecule is COC(=O)CC1CCN(C(=O)CC[C@@H]2NC(=O)N(Cc3ccco3)C2=O)CC1. The third-order valence-electron chi connectivity index (χ3n) is 5.30. The van der Waals surface area contributed by atoms with Crippen molar-refractivity contribution in [3.8, 4) is 0 Å². The summed E-state index contributed by atoms with van der Waals surface area (Å²) in [7, 11) is 1.37. The van der Waals surface area contributed by atoms with E-state index in [-0.39, 0.29) is 43.1 Å². The van der Waals surface area contributed by atoms with E-state index >= 15 is 0 Å². The minimum absolute atomic E-state index is 0.0388. The molecular weight excluding hydrogens is 366 g/mol. The second-order valence-corrected chi connectivity index (χ2v) is 7.15. The van der Waals surface area contributed by atoms with Crippen LogP contribution in [0.3, 0.4) is 0 Å². The first-order chi connectivity index (χ1) is 13.5. The van der Waals surface area contributed by atoms with Crippen LogP contribution in [-0.2, 0) is 25.7 Å². The zero-order chi connectivity index (χ0) is 20.1. The predicted octanol–water partition coefficient (Wildman–Crippen LogP) is 1.28. The second-order valence-electron chi connectivity index (χ2n) is 7.15. The minimum Gasteiger partial charge on any atom is -0.469 e. The normalized spacial score (nSPS) is 20.4. The highest BCUT2D eigenvalue weighted by Crippen LogP contribution is 2.22. The molecule has 1 aromatic rings. The van der Waals surface area contributed by atoms with Gasteiger partial charge in [0.15, 0.2) is 0 Å². The summed E-state index contributed by atoms with van der Waals surface area (Å²) in [5, 5.41) is 2.63. The maximum Gasteiger partial charge on any atom is 0.325 e. The summed E-state index contributed by atoms with van der Waals surface area (Å²) in [5.41, 5.74) is 0. The largest absolute Gasteiger partial charge is 0.469 e. The van der Waals surface area contributed by atoms with E-state index < -0.39 is 12.1 Å². The number of carbonyl (C=O) groups is 4. The number of methoxy groups -OCH3 is 1. The molecule has 1 atom stereocenters. The average molecular weight is 391 g/mol. The Balaban J connectivity index is 1.43. The van der Waals surface area contributed by atoms with E-state index in [1.165, 1.54) is 13.4 Å². The molecule has 152 valence electrons. The lowest BCUT2D eigenvalue weighted by atomic mass is 9.93. The van der Waals surface area contributed by atoms with Crippen LogP contribution in [0, 0.1) is 5.92 Å². The zero-order valence-corrected chi connectivity index (χ0v) is 15.9. The number of carbonyl (C=O) groups excluding carboxylic acids is 4. The lowest BCUT2D eigenvalue weighted by molar-refractivity contribution is -0.142. The molecule has 28 heavy (non-hydrogen) atoms. The summed E-state index contributed by atoms with van der Waals surface area (Å²) in [5.74, 6) is 0.158. The van der Waals surface area contributed by atoms with Crippen molar-refractivity contribution < 1.29 is 28.3 Å². The van der Waals surface area contributed by atoms with Crippen molar-refractivity contribution in [2.45, 2.75) is 44.7 Å². The summed E-state index contributed by atoms with van der Waals surface area (Å²) < 4.78 is 9.87. The van der Waals surface area contributed by atoms with Gasteiger partial charge in [-0.05, 0) is 37.3 Å². The number of esters is 1. The van der Waals surface area contributed by atoms with Crippen LogP contribution >= 0.6 is 0 Å². The van der Waals surface area contributed by atoms with Crippen molar-refractivity contribution in [1.82, 2.24) is 15.1 Å². The van der Waals surface area contributed by atoms with Gasteiger partial charge in [0.05, 0.1) is 19.9 Å². The molecule has 1 aromatic heterocycles. The first kappa shape index (κ1) is 19.9. The molecule has 0 saturated carbocycles. The Hall–Kier alpha value is -2.84. The molecule has 0 radical (unpaired) electrons. The van der Waals surface area contributed by atoms with Crippen LogP contribution in [0.25, 0.3) is 0 Å². The number of hydrogen-bond acceptors (Lipinski definition) is 6. The highest BCUT2D eigenvalue weighted by atomic mass is 16.5. The minimum atomic E-state index is -0.691. The number of furan rings is 1. The van der Waals surface area contributed by atoms with E-state index in [0.29, 0.717) is 25.3 Å². The van der Waals surface area contributed by atoms with E-state index in [1.807, 2.05) is 0 Å². The molecular formula is C19H25N3O6. The van der Waals surface area contributed by atoms with E-state index in [4.69, 9.17) is 4.42 Å². The van der Waals surface area contributed by atoms with Crippen LogP contribution in [0.15, 0.2) is 22.8 Å². The Morgan fingerprint density at radius 3 is 2.68 bits per heavy atom. The van der Waals surface area contributed by atoms with Crippen LogP contribution in [0.4, 0.5) is 4.79 Å². The number of nitrogens with one attached hydrogen (secondary N) is 1. The molecule has 2 saturated heterocycles. The van der Waals surface area contributed by atoms with E-state index in [2.05, 4.69) is 10.1 Å². The molecule has 2 aliphatic heterocycles. The summed E-state index contributed by atoms with van der Waals surface area (Å²) in [4.78, 5) is 51.1. The molecule has 0 bridgehead atoms. The van der Waals surface area contributed by atoms with Crippen molar-refractivity contribution in [2.75, 3.05) is 20.2 Å². The summed E-state index contributed by atoms with van der Waals surface area (Å²) in [6, 6.07) is 2.23. The van der Waals surface area contributed by atoms with Gasteiger partial charge >= 0.3 is 12.0 Å². The number of piperidine rings is 1. The number of hydrogen-bond donors (Lipinski definition) is 1. The van der Waals surface area contributed by atoms with Crippen LogP contribution < -0.4 is 5.32 Å². The van der Waals surface area contributed by atoms with Gasteiger partial charge in [0.1, 0.15) is 11.8 Å². The molecule has 9 nitrogen and oxygen atoms in total. The first-order valence-electron chi connectivity index (χ1n) is 9.46. The summed E-state index contributed by atoms with van der Waals surface area (Å²) >= 11 is 0. The maximum absolute atomic E-state index is 12.4. The molecule has 2 fully saturated rings. The highest BCUT2D eigenvalue weighted by Gasteiger charge is 2.38. The van der Waals surface area contributed by atoms with Gasteiger partial charge < -0.3 is 19.4 Å². The fraction of sp³-hybridized carbons (Fsp3) is 0.579. The molecule has 0 spiro atoms. The van der Waals surface area contributed by atoms with Crippen molar-refractivity contribution in [3.05, 3.63) is 24.2 Å². The number of likely N-dealkylation sites (tertiary alicyclic amines) is 1. The fourth-order valence-electron chi connectivity index (χ4n) is 3.61. The molecule has 3 rings (SSSR count). The van der Waals surface area contributed by atoms with Gasteiger partial charge in [-0.2, -0.15) is 0 Å². The third kappa shape index (κ3) is 4.71. The topological polar surface area (TPSA) is 109 Å². The second kappa shape index (κ2) is 8.90. The van der Waals surface area contributed by atoms with E-state index in [9.17, 15) is 19.2 Å². The van der Waals surface area contributed by atoms with Crippen LogP contribution in [0.5, 0.6) is 0 Å². The van der Waals surface area contributed by atoms with Gasteiger partial charge in [-0.3, -0.25) is 19.3 Å². The first-order valence-corrected chi connectivity index (χ1v) is 9.46. The Labute approximate surface area is 163 Å². The number of amides is 4. The molecule has 0 unspecified atom stereocenters. The Bertz CT molecular complexity index is 724. The molecule has 3 heterocycles. The summed E-state index contributed by atoms with van der Waals surface area (Å²) in [6.45, 7) is 1.27. The van der Waals surface area contributed by atoms with Gasteiger partial charge in [0.25, 0.3) is 5.91 Å². The maximum atomic E-state index is 12.4. The van der Waals surface area contributed by atoms with Crippen LogP contribution in [0.2, 0.25) is 0 Å². The monoisotopic (exact) mass is 391 g/mol. The van der Waals surface area contributed by atoms with Crippen LogP contribution in [0.1, 0.15) is 37.9 Å². The fourth-order valence-corrected chi connectivity index (χ4v) is 3.61. The number of rotatable bonds is 7. The highest BCUT2D eigenvalue weighted by molar-refractivity contribution is 6.04. The quantitative estimate of drug-likeness (QED) is 0.554. The third-order valence-corrected chi connectivity index (χ3v) is 5.30. The standard InChI is InChI=1S/C19H25N3O6/c1-27-17(24)11-13-6-8-21(9-7-13)16(23)5-4-15-18(25)22(19(26)20-15)12-14-3-2-10-28-14/h2-3,10,13,15H,4-9,11-12H2,1H3,(H,20,26)/t15-/m0/s1. The smallest absolute Gasteiger partial charge is 0.325 e. The van der Waals surface area contributed by atoms with Crippen LogP contribution in [-0.4, -0.2) is 59.9 Å². The van der Waals surface area contributed by atoms with E-state index in [1.54, 1.807) is 17.0 Å². The van der Waals surface area contributed by atoms with Gasteiger partial charge in [-0.15, -0.1) is 0 Å². The van der Waals surface area contributed by atoms with Gasteiger partial charge in [0.2, 0.25) is 5.91 Å². The zero-order valence-electron chi connectivity index (χ0n) is 15.9. The van der Waals surface area contributed by atoms with Crippen molar-refractivity contribution in [3.63, 3.8) is 0 Å². The number of nitrogens with zero attached hydrogens (tertiary/aromatic N) is 2. The van der Waals surface area contributed by atoms with Crippen molar-refractivity contribution in [1.29, 1.82) is 0 Å². The Morgan fingerprint density at radius 1 is 1.29 bits per heavy atom. The lowest BCUT2D eigenvalue weighted by Crippen LogP contribution is -2.40. The molecule has 9 heteroatoms. The molecule has 1 N–H and O–H groups in total. The van der Waals surface area contributed by atoms with Crippen molar-refractivity contribution >= 4 is 23.8 Å². The summed E-state index contributed by atoms with van der Waals surface area (Å²) in [6.07, 6.45) is 3.84. The molecule has 4 amide bonds. The predicted molar refractivity (Wildman–Crippen MR) is 96.7 cm³/mol. The lowest BCUT2D eigenvalue weighted by Gasteiger charge is -2.31. The van der Waals surface area contributed by atoms with Crippen molar-refractivity contribution in [2.24, 2.45) is 5.92 Å². The number of ether oxygens (including phenoxy) is 1. The Kier molecular flexibility index (Phi) is 6.33. The van der Waals surface area contributed by atoms with Gasteiger partial charge in [0, 0.05) is 25.9 Å². The number of urea groups is 1. The molecule has 0 aliphatic carbocycles. The van der Waals surface area contributed by atoms with Gasteiger partial charge in [-0.1, -0.05) is 0 Å². The van der Waals surface area contributed by atoms with Gasteiger partial charge in [-0.25, -0.2) is 4.79 Å².